The molecule has 118 valence electrons. The lowest BCUT2D eigenvalue weighted by Gasteiger charge is -2.37. The van der Waals surface area contributed by atoms with Gasteiger partial charge in [0, 0.05) is 10.6 Å². The molecule has 0 radical (unpaired) electrons. The Hall–Kier alpha value is -0.860. The molecule has 0 atom stereocenters. The Bertz CT molecular complexity index is 431. The summed E-state index contributed by atoms with van der Waals surface area (Å²) in [5.41, 5.74) is 0.264. The maximum Gasteiger partial charge on any atom is 0.182 e. The second-order valence-corrected chi connectivity index (χ2v) is 6.53. The molecule has 1 rings (SSSR count). The third-order valence-electron chi connectivity index (χ3n) is 4.02. The summed E-state index contributed by atoms with van der Waals surface area (Å²) in [5, 5.41) is 0.665. The van der Waals surface area contributed by atoms with Crippen LogP contribution in [0.5, 0.6) is 0 Å². The number of rotatable bonds is 9. The highest BCUT2D eigenvalue weighted by molar-refractivity contribution is 6.30. The predicted octanol–water partition coefficient (Wildman–Crippen LogP) is 5.20. The zero-order valence-corrected chi connectivity index (χ0v) is 14.5. The van der Waals surface area contributed by atoms with Crippen LogP contribution < -0.4 is 0 Å². The third kappa shape index (κ3) is 5.12. The first-order valence-electron chi connectivity index (χ1n) is 7.98. The number of hydrogen-bond donors (Lipinski definition) is 0. The molecule has 21 heavy (non-hydrogen) atoms. The lowest BCUT2D eigenvalue weighted by molar-refractivity contribution is 0.0630. The zero-order chi connectivity index (χ0) is 15.9. The number of benzene rings is 1. The Balaban J connectivity index is 2.91. The van der Waals surface area contributed by atoms with Crippen molar-refractivity contribution in [2.75, 3.05) is 13.1 Å². The first-order chi connectivity index (χ1) is 9.93. The molecule has 0 spiro atoms. The van der Waals surface area contributed by atoms with Crippen molar-refractivity contribution in [3.63, 3.8) is 0 Å². The smallest absolute Gasteiger partial charge is 0.182 e. The van der Waals surface area contributed by atoms with Crippen LogP contribution in [0.1, 0.15) is 63.7 Å². The van der Waals surface area contributed by atoms with Crippen LogP contribution in [0.3, 0.4) is 0 Å². The van der Waals surface area contributed by atoms with Crippen molar-refractivity contribution in [3.8, 4) is 0 Å². The number of ketones is 1. The highest BCUT2D eigenvalue weighted by Crippen LogP contribution is 2.23. The summed E-state index contributed by atoms with van der Waals surface area (Å²) in [4.78, 5) is 15.2. The van der Waals surface area contributed by atoms with Crippen LogP contribution in [0.15, 0.2) is 24.3 Å². The van der Waals surface area contributed by atoms with Crippen LogP contribution in [0.25, 0.3) is 0 Å². The number of carbonyl (C=O) groups is 1. The summed E-state index contributed by atoms with van der Waals surface area (Å²) in [6.07, 6.45) is 4.55. The fraction of sp³-hybridized carbons (Fsp3) is 0.611. The van der Waals surface area contributed by atoms with Gasteiger partial charge in [-0.05, 0) is 64.0 Å². The van der Waals surface area contributed by atoms with Crippen molar-refractivity contribution in [1.82, 2.24) is 4.90 Å². The highest BCUT2D eigenvalue weighted by atomic mass is 35.5. The van der Waals surface area contributed by atoms with Gasteiger partial charge in [0.1, 0.15) is 0 Å². The van der Waals surface area contributed by atoms with E-state index in [1.807, 2.05) is 26.0 Å². The molecule has 0 unspecified atom stereocenters. The van der Waals surface area contributed by atoms with Crippen molar-refractivity contribution < 1.29 is 4.79 Å². The molecule has 0 aromatic heterocycles. The van der Waals surface area contributed by atoms with Gasteiger partial charge in [0.25, 0.3) is 0 Å². The standard InChI is InChI=1S/C18H28ClNO/c1-5-7-13-20(14-8-6-2)18(3,4)17(21)15-9-11-16(19)12-10-15/h9-12H,5-8,13-14H2,1-4H3. The van der Waals surface area contributed by atoms with Gasteiger partial charge in [0.15, 0.2) is 5.78 Å². The molecule has 1 aromatic carbocycles. The first-order valence-corrected chi connectivity index (χ1v) is 8.36. The van der Waals surface area contributed by atoms with E-state index in [-0.39, 0.29) is 5.78 Å². The van der Waals surface area contributed by atoms with E-state index in [4.69, 9.17) is 11.6 Å². The summed E-state index contributed by atoms with van der Waals surface area (Å²) in [7, 11) is 0. The van der Waals surface area contributed by atoms with Crippen LogP contribution in [-0.4, -0.2) is 29.3 Å². The molecule has 0 saturated carbocycles. The van der Waals surface area contributed by atoms with Gasteiger partial charge in [-0.1, -0.05) is 38.3 Å². The normalized spacial score (nSPS) is 11.9. The maximum atomic E-state index is 12.9. The molecule has 0 saturated heterocycles. The van der Waals surface area contributed by atoms with E-state index in [0.717, 1.165) is 44.3 Å². The molecule has 0 heterocycles. The molecule has 0 bridgehead atoms. The molecule has 0 aliphatic carbocycles. The Morgan fingerprint density at radius 3 is 1.95 bits per heavy atom. The molecule has 0 fully saturated rings. The van der Waals surface area contributed by atoms with Crippen LogP contribution in [0.4, 0.5) is 0 Å². The minimum Gasteiger partial charge on any atom is -0.292 e. The summed E-state index contributed by atoms with van der Waals surface area (Å²) in [5.74, 6) is 0.173. The van der Waals surface area contributed by atoms with Crippen LogP contribution >= 0.6 is 11.6 Å². The maximum absolute atomic E-state index is 12.9. The minimum absolute atomic E-state index is 0.173. The van der Waals surface area contributed by atoms with Crippen LogP contribution in [0.2, 0.25) is 5.02 Å². The van der Waals surface area contributed by atoms with Gasteiger partial charge in [-0.3, -0.25) is 9.69 Å². The van der Waals surface area contributed by atoms with E-state index in [1.165, 1.54) is 0 Å². The van der Waals surface area contributed by atoms with E-state index < -0.39 is 5.54 Å². The molecular formula is C18H28ClNO. The lowest BCUT2D eigenvalue weighted by atomic mass is 9.90. The fourth-order valence-corrected chi connectivity index (χ4v) is 2.59. The number of halogens is 1. The molecule has 1 aromatic rings. The van der Waals surface area contributed by atoms with Gasteiger partial charge < -0.3 is 0 Å². The zero-order valence-electron chi connectivity index (χ0n) is 13.8. The van der Waals surface area contributed by atoms with E-state index >= 15 is 0 Å². The van der Waals surface area contributed by atoms with Crippen molar-refractivity contribution in [3.05, 3.63) is 34.9 Å². The van der Waals surface area contributed by atoms with Gasteiger partial charge in [-0.2, -0.15) is 0 Å². The predicted molar refractivity (Wildman–Crippen MR) is 91.3 cm³/mol. The Kier molecular flexibility index (Phi) is 7.41. The third-order valence-corrected chi connectivity index (χ3v) is 4.27. The van der Waals surface area contributed by atoms with Gasteiger partial charge in [0.2, 0.25) is 0 Å². The summed E-state index contributed by atoms with van der Waals surface area (Å²) < 4.78 is 0. The summed E-state index contributed by atoms with van der Waals surface area (Å²) >= 11 is 5.91. The highest BCUT2D eigenvalue weighted by Gasteiger charge is 2.34. The van der Waals surface area contributed by atoms with Crippen molar-refractivity contribution in [2.45, 2.75) is 58.9 Å². The van der Waals surface area contributed by atoms with Gasteiger partial charge in [0.05, 0.1) is 5.54 Å². The first kappa shape index (κ1) is 18.2. The Morgan fingerprint density at radius 1 is 1.05 bits per heavy atom. The second kappa shape index (κ2) is 8.55. The summed E-state index contributed by atoms with van der Waals surface area (Å²) in [6, 6.07) is 7.22. The van der Waals surface area contributed by atoms with E-state index in [1.54, 1.807) is 12.1 Å². The molecular weight excluding hydrogens is 282 g/mol. The van der Waals surface area contributed by atoms with E-state index in [2.05, 4.69) is 18.7 Å². The van der Waals surface area contributed by atoms with E-state index in [0.29, 0.717) is 5.02 Å². The molecule has 0 amide bonds. The average Bonchev–Trinajstić information content (AvgIpc) is 2.47. The van der Waals surface area contributed by atoms with Gasteiger partial charge in [-0.25, -0.2) is 0 Å². The monoisotopic (exact) mass is 309 g/mol. The fourth-order valence-electron chi connectivity index (χ4n) is 2.47. The van der Waals surface area contributed by atoms with Crippen molar-refractivity contribution in [1.29, 1.82) is 0 Å². The SMILES string of the molecule is CCCCN(CCCC)C(C)(C)C(=O)c1ccc(Cl)cc1. The minimum atomic E-state index is -0.474. The Labute approximate surface area is 134 Å². The summed E-state index contributed by atoms with van der Waals surface area (Å²) in [6.45, 7) is 10.4. The molecule has 0 aliphatic rings. The van der Waals surface area contributed by atoms with Crippen molar-refractivity contribution >= 4 is 17.4 Å². The second-order valence-electron chi connectivity index (χ2n) is 6.09. The van der Waals surface area contributed by atoms with E-state index in [9.17, 15) is 4.79 Å². The largest absolute Gasteiger partial charge is 0.292 e. The number of Topliss-reactive ketones (excluding diaryl/α,β-unsaturated/α-hetero) is 1. The topological polar surface area (TPSA) is 20.3 Å². The number of carbonyl (C=O) groups excluding carboxylic acids is 1. The number of nitrogens with zero attached hydrogens (tertiary/aromatic N) is 1. The van der Waals surface area contributed by atoms with Crippen molar-refractivity contribution in [2.24, 2.45) is 0 Å². The quantitative estimate of drug-likeness (QED) is 0.584. The van der Waals surface area contributed by atoms with Crippen LogP contribution in [-0.2, 0) is 0 Å². The van der Waals surface area contributed by atoms with Gasteiger partial charge in [-0.15, -0.1) is 0 Å². The number of hydrogen-bond acceptors (Lipinski definition) is 2. The van der Waals surface area contributed by atoms with Crippen LogP contribution in [0, 0.1) is 0 Å². The molecule has 0 N–H and O–H groups in total. The molecule has 0 aliphatic heterocycles. The average molecular weight is 310 g/mol. The Morgan fingerprint density at radius 2 is 1.52 bits per heavy atom. The lowest BCUT2D eigenvalue weighted by Crippen LogP contribution is -2.50. The van der Waals surface area contributed by atoms with Gasteiger partial charge >= 0.3 is 0 Å². The molecule has 2 nitrogen and oxygen atoms in total. The molecule has 3 heteroatoms. The number of unbranched alkanes of at least 4 members (excludes halogenated alkanes) is 2.